The van der Waals surface area contributed by atoms with Gasteiger partial charge in [-0.25, -0.2) is 15.0 Å². The quantitative estimate of drug-likeness (QED) is 0.432. The lowest BCUT2D eigenvalue weighted by Gasteiger charge is -2.23. The van der Waals surface area contributed by atoms with E-state index in [0.717, 1.165) is 0 Å². The lowest BCUT2D eigenvalue weighted by atomic mass is 9.94. The maximum absolute atomic E-state index is 10.3. The van der Waals surface area contributed by atoms with E-state index in [9.17, 15) is 20.4 Å². The summed E-state index contributed by atoms with van der Waals surface area (Å²) in [4.78, 5) is 12.1. The molecule has 0 aromatic carbocycles. The number of hydrogen-bond donors (Lipinski definition) is 5. The molecule has 1 aliphatic rings. The van der Waals surface area contributed by atoms with Crippen molar-refractivity contribution in [1.29, 1.82) is 0 Å². The number of nitrogen functional groups attached to an aromatic ring is 1. The molecule has 0 bridgehead atoms. The number of hydrogen-bond acceptors (Lipinski definition) is 8. The van der Waals surface area contributed by atoms with E-state index in [0.29, 0.717) is 11.2 Å². The van der Waals surface area contributed by atoms with Crippen LogP contribution in [-0.2, 0) is 0 Å². The van der Waals surface area contributed by atoms with E-state index in [2.05, 4.69) is 15.0 Å². The summed E-state index contributed by atoms with van der Waals surface area (Å²) >= 11 is 0. The number of aliphatic hydroxyl groups excluding tert-OH is 4. The molecule has 0 spiro atoms. The summed E-state index contributed by atoms with van der Waals surface area (Å²) in [5.41, 5.74) is 6.53. The zero-order valence-electron chi connectivity index (χ0n) is 11.1. The highest BCUT2D eigenvalue weighted by molar-refractivity contribution is 5.81. The Morgan fingerprint density at radius 1 is 1.05 bits per heavy atom. The Hall–Kier alpha value is -1.81. The van der Waals surface area contributed by atoms with Gasteiger partial charge < -0.3 is 30.7 Å². The van der Waals surface area contributed by atoms with Crippen LogP contribution in [0.5, 0.6) is 0 Å². The van der Waals surface area contributed by atoms with Crippen molar-refractivity contribution in [2.45, 2.75) is 18.2 Å². The lowest BCUT2D eigenvalue weighted by Crippen LogP contribution is -2.30. The maximum Gasteiger partial charge on any atom is 0.165 e. The first-order valence-corrected chi connectivity index (χ1v) is 6.61. The third kappa shape index (κ3) is 1.97. The summed E-state index contributed by atoms with van der Waals surface area (Å²) in [6.45, 7) is -0.617. The Morgan fingerprint density at radius 3 is 2.43 bits per heavy atom. The average molecular weight is 295 g/mol. The van der Waals surface area contributed by atoms with Crippen molar-refractivity contribution in [3.05, 3.63) is 12.7 Å². The van der Waals surface area contributed by atoms with Gasteiger partial charge in [0.2, 0.25) is 0 Å². The largest absolute Gasteiger partial charge is 0.396 e. The number of nitrogens with zero attached hydrogens (tertiary/aromatic N) is 4. The van der Waals surface area contributed by atoms with Crippen LogP contribution in [0.15, 0.2) is 12.7 Å². The van der Waals surface area contributed by atoms with E-state index < -0.39 is 30.1 Å². The molecule has 1 fully saturated rings. The SMILES string of the molecule is Nc1ncnc2c1ncn2[C@H]1[C@@H](O)[C@@H](O)[C@@H](CO)[C@@H]1CO. The van der Waals surface area contributed by atoms with Crippen molar-refractivity contribution >= 4 is 17.0 Å². The van der Waals surface area contributed by atoms with Gasteiger partial charge in [0.15, 0.2) is 11.5 Å². The van der Waals surface area contributed by atoms with Gasteiger partial charge >= 0.3 is 0 Å². The average Bonchev–Trinajstić information content (AvgIpc) is 3.00. The Labute approximate surface area is 119 Å². The molecule has 1 saturated carbocycles. The second-order valence-electron chi connectivity index (χ2n) is 5.25. The van der Waals surface area contributed by atoms with Gasteiger partial charge in [-0.05, 0) is 0 Å². The predicted octanol–water partition coefficient (Wildman–Crippen LogP) is -2.10. The van der Waals surface area contributed by atoms with E-state index >= 15 is 0 Å². The van der Waals surface area contributed by atoms with Crippen LogP contribution < -0.4 is 5.73 Å². The molecular formula is C12H17N5O4. The summed E-state index contributed by atoms with van der Waals surface area (Å²) in [6.07, 6.45) is 0.450. The minimum absolute atomic E-state index is 0.214. The Balaban J connectivity index is 2.10. The minimum atomic E-state index is -1.15. The molecule has 0 radical (unpaired) electrons. The third-order valence-electron chi connectivity index (χ3n) is 4.26. The summed E-state index contributed by atoms with van der Waals surface area (Å²) in [6, 6.07) is -0.651. The van der Waals surface area contributed by atoms with Crippen LogP contribution in [0.2, 0.25) is 0 Å². The molecule has 0 aliphatic heterocycles. The zero-order chi connectivity index (χ0) is 15.1. The van der Waals surface area contributed by atoms with Gasteiger partial charge in [0.1, 0.15) is 17.9 Å². The van der Waals surface area contributed by atoms with E-state index in [1.807, 2.05) is 0 Å². The number of aliphatic hydroxyl groups is 4. The smallest absolute Gasteiger partial charge is 0.165 e. The van der Waals surface area contributed by atoms with Crippen molar-refractivity contribution < 1.29 is 20.4 Å². The number of anilines is 1. The first-order chi connectivity index (χ1) is 10.1. The highest BCUT2D eigenvalue weighted by atomic mass is 16.3. The monoisotopic (exact) mass is 295 g/mol. The molecule has 21 heavy (non-hydrogen) atoms. The molecule has 114 valence electrons. The second-order valence-corrected chi connectivity index (χ2v) is 5.25. The summed E-state index contributed by atoms with van der Waals surface area (Å²) in [5, 5.41) is 39.3. The van der Waals surface area contributed by atoms with Crippen molar-refractivity contribution in [2.24, 2.45) is 11.8 Å². The van der Waals surface area contributed by atoms with Gasteiger partial charge in [0.05, 0.1) is 18.5 Å². The zero-order valence-corrected chi connectivity index (χ0v) is 11.1. The van der Waals surface area contributed by atoms with Crippen molar-refractivity contribution in [3.8, 4) is 0 Å². The molecule has 2 aromatic heterocycles. The highest BCUT2D eigenvalue weighted by Gasteiger charge is 2.50. The van der Waals surface area contributed by atoms with Gasteiger partial charge in [-0.15, -0.1) is 0 Å². The van der Waals surface area contributed by atoms with Gasteiger partial charge in [0.25, 0.3) is 0 Å². The third-order valence-corrected chi connectivity index (χ3v) is 4.26. The first kappa shape index (κ1) is 14.1. The predicted molar refractivity (Wildman–Crippen MR) is 71.9 cm³/mol. The molecule has 6 N–H and O–H groups in total. The van der Waals surface area contributed by atoms with Crippen molar-refractivity contribution in [1.82, 2.24) is 19.5 Å². The van der Waals surface area contributed by atoms with E-state index in [1.54, 1.807) is 4.57 Å². The standard InChI is InChI=1S/C12H17N5O4/c13-11-7-12(15-3-14-11)17(4-16-7)8-5(1-18)6(2-19)9(20)10(8)21/h3-6,8-10,18-21H,1-2H2,(H2,13,14,15)/t5-,6-,8+,9-,10+/m0/s1. The fourth-order valence-corrected chi connectivity index (χ4v) is 3.16. The molecule has 9 nitrogen and oxygen atoms in total. The summed E-state index contributed by atoms with van der Waals surface area (Å²) in [7, 11) is 0. The van der Waals surface area contributed by atoms with E-state index in [4.69, 9.17) is 5.73 Å². The van der Waals surface area contributed by atoms with Gasteiger partial charge in [-0.1, -0.05) is 0 Å². The fourth-order valence-electron chi connectivity index (χ4n) is 3.16. The summed E-state index contributed by atoms with van der Waals surface area (Å²) < 4.78 is 1.57. The fraction of sp³-hybridized carbons (Fsp3) is 0.583. The van der Waals surface area contributed by atoms with Crippen LogP contribution in [0.1, 0.15) is 6.04 Å². The van der Waals surface area contributed by atoms with E-state index in [-0.39, 0.29) is 19.0 Å². The van der Waals surface area contributed by atoms with Gasteiger partial charge in [0, 0.05) is 25.0 Å². The van der Waals surface area contributed by atoms with Crippen LogP contribution in [0.3, 0.4) is 0 Å². The number of rotatable bonds is 3. The summed E-state index contributed by atoms with van der Waals surface area (Å²) in [5.74, 6) is -0.925. The Kier molecular flexibility index (Phi) is 3.49. The van der Waals surface area contributed by atoms with Crippen molar-refractivity contribution in [3.63, 3.8) is 0 Å². The molecule has 5 atom stereocenters. The van der Waals surface area contributed by atoms with Gasteiger partial charge in [-0.3, -0.25) is 0 Å². The van der Waals surface area contributed by atoms with Crippen molar-refractivity contribution in [2.75, 3.05) is 18.9 Å². The maximum atomic E-state index is 10.3. The molecule has 3 rings (SSSR count). The minimum Gasteiger partial charge on any atom is -0.396 e. The van der Waals surface area contributed by atoms with Crippen LogP contribution in [0.25, 0.3) is 11.2 Å². The number of imidazole rings is 1. The first-order valence-electron chi connectivity index (χ1n) is 6.61. The Bertz CT molecular complexity index is 648. The number of aromatic nitrogens is 4. The van der Waals surface area contributed by atoms with Crippen LogP contribution >= 0.6 is 0 Å². The normalized spacial score (nSPS) is 32.9. The Morgan fingerprint density at radius 2 is 1.76 bits per heavy atom. The lowest BCUT2D eigenvalue weighted by molar-refractivity contribution is -0.00519. The molecule has 0 saturated heterocycles. The van der Waals surface area contributed by atoms with Crippen LogP contribution in [-0.4, -0.2) is 65.4 Å². The van der Waals surface area contributed by atoms with E-state index in [1.165, 1.54) is 12.7 Å². The highest BCUT2D eigenvalue weighted by Crippen LogP contribution is 2.41. The number of fused-ring (bicyclic) bond motifs is 1. The second kappa shape index (κ2) is 5.19. The van der Waals surface area contributed by atoms with Gasteiger partial charge in [-0.2, -0.15) is 0 Å². The molecule has 0 unspecified atom stereocenters. The molecule has 1 aliphatic carbocycles. The number of nitrogens with two attached hydrogens (primary N) is 1. The molecular weight excluding hydrogens is 278 g/mol. The van der Waals surface area contributed by atoms with Crippen LogP contribution in [0, 0.1) is 11.8 Å². The molecule has 0 amide bonds. The van der Waals surface area contributed by atoms with Crippen LogP contribution in [0.4, 0.5) is 5.82 Å². The molecule has 9 heteroatoms. The molecule has 2 aromatic rings. The molecule has 2 heterocycles. The topological polar surface area (TPSA) is 151 Å².